The molecule has 0 saturated heterocycles. The fourth-order valence-corrected chi connectivity index (χ4v) is 1.12. The van der Waals surface area contributed by atoms with Crippen molar-refractivity contribution in [2.75, 3.05) is 5.33 Å². The van der Waals surface area contributed by atoms with E-state index in [0.29, 0.717) is 10.9 Å². The number of hydrogen-bond acceptors (Lipinski definition) is 2. The lowest BCUT2D eigenvalue weighted by Gasteiger charge is -2.22. The first kappa shape index (κ1) is 11.3. The van der Waals surface area contributed by atoms with E-state index in [2.05, 4.69) is 21.2 Å². The van der Waals surface area contributed by atoms with Crippen LogP contribution < -0.4 is 5.32 Å². The monoisotopic (exact) mass is 259 g/mol. The molecule has 1 N–H and O–H groups in total. The van der Waals surface area contributed by atoms with Gasteiger partial charge in [-0.3, -0.25) is 4.79 Å². The van der Waals surface area contributed by atoms with E-state index < -0.39 is 0 Å². The number of carbonyl (C=O) groups is 1. The SMILES string of the molecule is Cc1cc(C(=O)NC(C)(C)CBr)co1. The number of carbonyl (C=O) groups excluding carboxylic acids is 1. The number of furan rings is 1. The van der Waals surface area contributed by atoms with E-state index in [-0.39, 0.29) is 11.4 Å². The molecule has 0 aliphatic heterocycles. The third-order valence-corrected chi connectivity index (χ3v) is 3.18. The van der Waals surface area contributed by atoms with Gasteiger partial charge in [0.05, 0.1) is 5.56 Å². The molecule has 0 aliphatic carbocycles. The summed E-state index contributed by atoms with van der Waals surface area (Å²) in [5.41, 5.74) is 0.318. The summed E-state index contributed by atoms with van der Waals surface area (Å²) in [5.74, 6) is 0.637. The number of aryl methyl sites for hydroxylation is 1. The van der Waals surface area contributed by atoms with Crippen LogP contribution in [0.15, 0.2) is 16.7 Å². The van der Waals surface area contributed by atoms with E-state index in [0.717, 1.165) is 5.76 Å². The number of hydrogen-bond donors (Lipinski definition) is 1. The predicted molar refractivity (Wildman–Crippen MR) is 58.8 cm³/mol. The van der Waals surface area contributed by atoms with Crippen molar-refractivity contribution in [1.29, 1.82) is 0 Å². The fraction of sp³-hybridized carbons (Fsp3) is 0.500. The Bertz CT molecular complexity index is 331. The largest absolute Gasteiger partial charge is 0.469 e. The zero-order valence-electron chi connectivity index (χ0n) is 8.56. The van der Waals surface area contributed by atoms with Gasteiger partial charge in [0.15, 0.2) is 0 Å². The quantitative estimate of drug-likeness (QED) is 0.848. The molecule has 78 valence electrons. The van der Waals surface area contributed by atoms with E-state index in [9.17, 15) is 4.79 Å². The standard InChI is InChI=1S/C10H14BrNO2/c1-7-4-8(5-14-7)9(13)12-10(2,3)6-11/h4-5H,6H2,1-3H3,(H,12,13). The van der Waals surface area contributed by atoms with Crippen LogP contribution in [0.3, 0.4) is 0 Å². The number of rotatable bonds is 3. The third kappa shape index (κ3) is 2.87. The van der Waals surface area contributed by atoms with Crippen LogP contribution in [-0.4, -0.2) is 16.8 Å². The molecule has 0 saturated carbocycles. The Morgan fingerprint density at radius 3 is 2.71 bits per heavy atom. The van der Waals surface area contributed by atoms with Gasteiger partial charge in [-0.05, 0) is 26.8 Å². The topological polar surface area (TPSA) is 42.2 Å². The fourth-order valence-electron chi connectivity index (χ4n) is 0.975. The van der Waals surface area contributed by atoms with Crippen LogP contribution in [0.2, 0.25) is 0 Å². The van der Waals surface area contributed by atoms with Gasteiger partial charge in [0, 0.05) is 10.9 Å². The van der Waals surface area contributed by atoms with Crippen LogP contribution in [-0.2, 0) is 0 Å². The van der Waals surface area contributed by atoms with Gasteiger partial charge in [-0.2, -0.15) is 0 Å². The lowest BCUT2D eigenvalue weighted by molar-refractivity contribution is 0.0920. The van der Waals surface area contributed by atoms with E-state index in [4.69, 9.17) is 4.42 Å². The molecule has 1 aromatic heterocycles. The molecule has 14 heavy (non-hydrogen) atoms. The number of nitrogens with one attached hydrogen (secondary N) is 1. The van der Waals surface area contributed by atoms with E-state index >= 15 is 0 Å². The van der Waals surface area contributed by atoms with Gasteiger partial charge in [-0.1, -0.05) is 15.9 Å². The van der Waals surface area contributed by atoms with Crippen molar-refractivity contribution in [3.63, 3.8) is 0 Å². The lowest BCUT2D eigenvalue weighted by atomic mass is 10.1. The van der Waals surface area contributed by atoms with Gasteiger partial charge < -0.3 is 9.73 Å². The number of amides is 1. The predicted octanol–water partition coefficient (Wildman–Crippen LogP) is 2.49. The average molecular weight is 260 g/mol. The Morgan fingerprint density at radius 1 is 1.64 bits per heavy atom. The highest BCUT2D eigenvalue weighted by molar-refractivity contribution is 9.09. The first-order valence-corrected chi connectivity index (χ1v) is 5.50. The summed E-state index contributed by atoms with van der Waals surface area (Å²) in [6.45, 7) is 5.71. The molecule has 0 spiro atoms. The normalized spacial score (nSPS) is 11.4. The van der Waals surface area contributed by atoms with Gasteiger partial charge in [0.2, 0.25) is 0 Å². The van der Waals surface area contributed by atoms with Crippen molar-refractivity contribution in [2.24, 2.45) is 0 Å². The minimum absolute atomic E-state index is 0.105. The van der Waals surface area contributed by atoms with Crippen LogP contribution in [0.5, 0.6) is 0 Å². The van der Waals surface area contributed by atoms with Crippen LogP contribution in [0.4, 0.5) is 0 Å². The van der Waals surface area contributed by atoms with E-state index in [1.54, 1.807) is 6.07 Å². The zero-order valence-corrected chi connectivity index (χ0v) is 10.1. The molecule has 0 radical (unpaired) electrons. The first-order valence-electron chi connectivity index (χ1n) is 4.38. The Kier molecular flexibility index (Phi) is 3.37. The maximum Gasteiger partial charge on any atom is 0.254 e. The Balaban J connectivity index is 2.68. The van der Waals surface area contributed by atoms with Crippen LogP contribution >= 0.6 is 15.9 Å². The number of alkyl halides is 1. The van der Waals surface area contributed by atoms with Crippen molar-refractivity contribution < 1.29 is 9.21 Å². The average Bonchev–Trinajstić information content (AvgIpc) is 2.51. The number of halogens is 1. The minimum atomic E-state index is -0.248. The summed E-state index contributed by atoms with van der Waals surface area (Å²) in [5, 5.41) is 3.60. The molecule has 3 nitrogen and oxygen atoms in total. The Labute approximate surface area is 92.0 Å². The van der Waals surface area contributed by atoms with Crippen LogP contribution in [0, 0.1) is 6.92 Å². The first-order chi connectivity index (χ1) is 6.44. The molecule has 1 rings (SSSR count). The molecule has 4 heteroatoms. The van der Waals surface area contributed by atoms with Crippen molar-refractivity contribution >= 4 is 21.8 Å². The molecule has 1 amide bonds. The molecule has 1 aromatic rings. The molecular weight excluding hydrogens is 246 g/mol. The summed E-state index contributed by atoms with van der Waals surface area (Å²) >= 11 is 3.34. The minimum Gasteiger partial charge on any atom is -0.469 e. The molecular formula is C10H14BrNO2. The smallest absolute Gasteiger partial charge is 0.254 e. The molecule has 0 bridgehead atoms. The molecule has 0 aromatic carbocycles. The maximum atomic E-state index is 11.6. The van der Waals surface area contributed by atoms with Crippen molar-refractivity contribution in [1.82, 2.24) is 5.32 Å². The van der Waals surface area contributed by atoms with Gasteiger partial charge in [0.1, 0.15) is 12.0 Å². The summed E-state index contributed by atoms with van der Waals surface area (Å²) in [6.07, 6.45) is 1.47. The second-order valence-corrected chi connectivity index (χ2v) is 4.48. The highest BCUT2D eigenvalue weighted by Crippen LogP contribution is 2.10. The zero-order chi connectivity index (χ0) is 10.8. The third-order valence-electron chi connectivity index (χ3n) is 1.78. The van der Waals surface area contributed by atoms with E-state index in [1.807, 2.05) is 20.8 Å². The molecule has 0 unspecified atom stereocenters. The highest BCUT2D eigenvalue weighted by Gasteiger charge is 2.20. The van der Waals surface area contributed by atoms with Gasteiger partial charge in [0.25, 0.3) is 5.91 Å². The van der Waals surface area contributed by atoms with Gasteiger partial charge in [-0.15, -0.1) is 0 Å². The van der Waals surface area contributed by atoms with Crippen molar-refractivity contribution in [2.45, 2.75) is 26.3 Å². The van der Waals surface area contributed by atoms with Crippen molar-refractivity contribution in [3.8, 4) is 0 Å². The summed E-state index contributed by atoms with van der Waals surface area (Å²) in [4.78, 5) is 11.6. The van der Waals surface area contributed by atoms with E-state index in [1.165, 1.54) is 6.26 Å². The Hall–Kier alpha value is -0.770. The molecule has 1 heterocycles. The van der Waals surface area contributed by atoms with Gasteiger partial charge >= 0.3 is 0 Å². The van der Waals surface area contributed by atoms with Crippen LogP contribution in [0.25, 0.3) is 0 Å². The molecule has 0 atom stereocenters. The summed E-state index contributed by atoms with van der Waals surface area (Å²) < 4.78 is 5.06. The molecule has 0 fully saturated rings. The molecule has 0 aliphatic rings. The second-order valence-electron chi connectivity index (χ2n) is 3.92. The summed E-state index contributed by atoms with van der Waals surface area (Å²) in [6, 6.07) is 1.72. The lowest BCUT2D eigenvalue weighted by Crippen LogP contribution is -2.44. The van der Waals surface area contributed by atoms with Crippen molar-refractivity contribution in [3.05, 3.63) is 23.7 Å². The second kappa shape index (κ2) is 4.17. The summed E-state index contributed by atoms with van der Waals surface area (Å²) in [7, 11) is 0. The Morgan fingerprint density at radius 2 is 2.29 bits per heavy atom. The highest BCUT2D eigenvalue weighted by atomic mass is 79.9. The van der Waals surface area contributed by atoms with Crippen LogP contribution in [0.1, 0.15) is 30.0 Å². The van der Waals surface area contributed by atoms with Gasteiger partial charge in [-0.25, -0.2) is 0 Å². The maximum absolute atomic E-state index is 11.6.